The number of carbonyl (C=O) groups is 4. The second-order valence-corrected chi connectivity index (χ2v) is 7.81. The third-order valence-electron chi connectivity index (χ3n) is 6.04. The number of esters is 1. The Balaban J connectivity index is 1.34. The zero-order valence-electron chi connectivity index (χ0n) is 16.9. The molecule has 1 heterocycles. The number of nitrogens with one attached hydrogen (secondary N) is 1. The summed E-state index contributed by atoms with van der Waals surface area (Å²) in [5.74, 6) is -2.06. The van der Waals surface area contributed by atoms with Crippen LogP contribution in [0.15, 0.2) is 36.4 Å². The number of carbonyl (C=O) groups excluding carboxylic acids is 4. The second-order valence-electron chi connectivity index (χ2n) is 7.81. The summed E-state index contributed by atoms with van der Waals surface area (Å²) < 4.78 is 10.5. The minimum Gasteiger partial charge on any atom is -0.492 e. The van der Waals surface area contributed by atoms with Crippen LogP contribution in [0.3, 0.4) is 0 Å². The number of amides is 3. The highest BCUT2D eigenvalue weighted by atomic mass is 16.5. The molecule has 1 N–H and O–H groups in total. The summed E-state index contributed by atoms with van der Waals surface area (Å²) in [6.45, 7) is 3.20. The minimum atomic E-state index is -1.07. The van der Waals surface area contributed by atoms with Gasteiger partial charge in [0.1, 0.15) is 11.8 Å². The van der Waals surface area contributed by atoms with E-state index in [9.17, 15) is 19.2 Å². The Morgan fingerprint density at radius 3 is 2.40 bits per heavy atom. The van der Waals surface area contributed by atoms with E-state index in [1.807, 2.05) is 19.1 Å². The van der Waals surface area contributed by atoms with Crippen LogP contribution in [0.2, 0.25) is 0 Å². The van der Waals surface area contributed by atoms with E-state index in [2.05, 4.69) is 5.32 Å². The number of nitrogens with zero attached hydrogens (tertiary/aromatic N) is 1. The smallest absolute Gasteiger partial charge is 0.329 e. The Morgan fingerprint density at radius 1 is 1.13 bits per heavy atom. The summed E-state index contributed by atoms with van der Waals surface area (Å²) in [6.07, 6.45) is 4.81. The van der Waals surface area contributed by atoms with E-state index in [0.29, 0.717) is 18.0 Å². The Labute approximate surface area is 174 Å². The van der Waals surface area contributed by atoms with Crippen molar-refractivity contribution in [3.8, 4) is 5.75 Å². The first-order chi connectivity index (χ1) is 14.4. The highest BCUT2D eigenvalue weighted by Gasteiger charge is 2.60. The first-order valence-electron chi connectivity index (χ1n) is 10.2. The molecule has 1 aliphatic heterocycles. The SMILES string of the molecule is CCOc1ccccc1NC(=O)COC(=O)[C@H](C)N1C(=O)[C@@H]2[C@@H](C1=O)[C@H]1C=C[C@H]2C1. The highest BCUT2D eigenvalue weighted by molar-refractivity contribution is 6.09. The molecule has 4 rings (SSSR count). The molecule has 0 aromatic heterocycles. The predicted molar refractivity (Wildman–Crippen MR) is 106 cm³/mol. The number of anilines is 1. The first kappa shape index (κ1) is 20.1. The van der Waals surface area contributed by atoms with Gasteiger partial charge in [-0.25, -0.2) is 4.79 Å². The third kappa shape index (κ3) is 3.36. The van der Waals surface area contributed by atoms with Crippen molar-refractivity contribution in [2.45, 2.75) is 26.3 Å². The Bertz CT molecular complexity index is 896. The fourth-order valence-electron chi connectivity index (χ4n) is 4.71. The first-order valence-corrected chi connectivity index (χ1v) is 10.2. The number of hydrogen-bond acceptors (Lipinski definition) is 6. The van der Waals surface area contributed by atoms with Crippen LogP contribution in [0.4, 0.5) is 5.69 Å². The molecule has 2 bridgehead atoms. The van der Waals surface area contributed by atoms with Crippen molar-refractivity contribution in [3.05, 3.63) is 36.4 Å². The molecule has 158 valence electrons. The van der Waals surface area contributed by atoms with Gasteiger partial charge in [-0.1, -0.05) is 24.3 Å². The average molecular weight is 412 g/mol. The van der Waals surface area contributed by atoms with Gasteiger partial charge in [-0.05, 0) is 44.2 Å². The van der Waals surface area contributed by atoms with Crippen molar-refractivity contribution >= 4 is 29.4 Å². The fraction of sp³-hybridized carbons (Fsp3) is 0.455. The van der Waals surface area contributed by atoms with Gasteiger partial charge in [-0.2, -0.15) is 0 Å². The van der Waals surface area contributed by atoms with Crippen molar-refractivity contribution in [3.63, 3.8) is 0 Å². The van der Waals surface area contributed by atoms with Gasteiger partial charge in [0.25, 0.3) is 5.91 Å². The molecule has 5 atom stereocenters. The summed E-state index contributed by atoms with van der Waals surface area (Å²) in [7, 11) is 0. The van der Waals surface area contributed by atoms with Gasteiger partial charge in [0.15, 0.2) is 6.61 Å². The molecular formula is C22H24N2O6. The van der Waals surface area contributed by atoms with E-state index in [-0.39, 0.29) is 35.5 Å². The summed E-state index contributed by atoms with van der Waals surface area (Å²) in [5.41, 5.74) is 0.467. The maximum Gasteiger partial charge on any atom is 0.329 e. The molecule has 0 unspecified atom stereocenters. The number of allylic oxidation sites excluding steroid dienone is 2. The summed E-state index contributed by atoms with van der Waals surface area (Å²) >= 11 is 0. The van der Waals surface area contributed by atoms with Crippen molar-refractivity contribution in [1.29, 1.82) is 0 Å². The van der Waals surface area contributed by atoms with Crippen LogP contribution in [0.5, 0.6) is 5.75 Å². The van der Waals surface area contributed by atoms with Gasteiger partial charge in [0.05, 0.1) is 24.1 Å². The average Bonchev–Trinajstić information content (AvgIpc) is 3.41. The van der Waals surface area contributed by atoms with Crippen LogP contribution in [0.25, 0.3) is 0 Å². The molecule has 8 heteroatoms. The Morgan fingerprint density at radius 2 is 1.77 bits per heavy atom. The molecule has 2 aliphatic carbocycles. The molecule has 3 aliphatic rings. The number of likely N-dealkylation sites (tertiary alicyclic amines) is 1. The van der Waals surface area contributed by atoms with Crippen molar-refractivity contribution in [2.24, 2.45) is 23.7 Å². The third-order valence-corrected chi connectivity index (χ3v) is 6.04. The van der Waals surface area contributed by atoms with Gasteiger partial charge < -0.3 is 14.8 Å². The van der Waals surface area contributed by atoms with E-state index in [4.69, 9.17) is 9.47 Å². The molecule has 2 fully saturated rings. The molecule has 1 saturated heterocycles. The zero-order valence-corrected chi connectivity index (χ0v) is 16.9. The molecular weight excluding hydrogens is 388 g/mol. The number of hydrogen-bond donors (Lipinski definition) is 1. The second kappa shape index (κ2) is 7.93. The standard InChI is InChI=1S/C22H24N2O6/c1-3-29-16-7-5-4-6-15(16)23-17(25)11-30-22(28)12(2)24-20(26)18-13-8-9-14(10-13)19(18)21(24)27/h4-9,12-14,18-19H,3,10-11H2,1-2H3,(H,23,25)/t12-,13-,14-,18-,19-/m0/s1. The number of fused-ring (bicyclic) bond motifs is 5. The Kier molecular flexibility index (Phi) is 5.32. The van der Waals surface area contributed by atoms with Gasteiger partial charge in [0, 0.05) is 0 Å². The van der Waals surface area contributed by atoms with Gasteiger partial charge in [-0.15, -0.1) is 0 Å². The lowest BCUT2D eigenvalue weighted by Gasteiger charge is -2.23. The van der Waals surface area contributed by atoms with Crippen LogP contribution >= 0.6 is 0 Å². The topological polar surface area (TPSA) is 102 Å². The van der Waals surface area contributed by atoms with E-state index in [0.717, 1.165) is 11.3 Å². The van der Waals surface area contributed by atoms with Crippen LogP contribution in [-0.2, 0) is 23.9 Å². The quantitative estimate of drug-likeness (QED) is 0.416. The zero-order chi connectivity index (χ0) is 21.4. The molecule has 8 nitrogen and oxygen atoms in total. The fourth-order valence-corrected chi connectivity index (χ4v) is 4.71. The predicted octanol–water partition coefficient (Wildman–Crippen LogP) is 1.76. The highest BCUT2D eigenvalue weighted by Crippen LogP contribution is 2.52. The van der Waals surface area contributed by atoms with Crippen molar-refractivity contribution in [1.82, 2.24) is 4.90 Å². The van der Waals surface area contributed by atoms with Gasteiger partial charge in [-0.3, -0.25) is 19.3 Å². The lowest BCUT2D eigenvalue weighted by atomic mass is 9.85. The van der Waals surface area contributed by atoms with E-state index in [1.54, 1.807) is 24.3 Å². The van der Waals surface area contributed by atoms with E-state index >= 15 is 0 Å². The summed E-state index contributed by atoms with van der Waals surface area (Å²) in [4.78, 5) is 51.2. The maximum atomic E-state index is 12.8. The number of para-hydroxylation sites is 2. The molecule has 1 aromatic carbocycles. The van der Waals surface area contributed by atoms with Crippen molar-refractivity contribution in [2.75, 3.05) is 18.5 Å². The maximum absolute atomic E-state index is 12.8. The van der Waals surface area contributed by atoms with Crippen LogP contribution in [0, 0.1) is 23.7 Å². The molecule has 0 radical (unpaired) electrons. The largest absolute Gasteiger partial charge is 0.492 e. The summed E-state index contributed by atoms with van der Waals surface area (Å²) in [5, 5.41) is 2.63. The normalized spacial score (nSPS) is 27.2. The van der Waals surface area contributed by atoms with E-state index in [1.165, 1.54) is 6.92 Å². The lowest BCUT2D eigenvalue weighted by molar-refractivity contribution is -0.159. The Hall–Kier alpha value is -3.16. The number of ether oxygens (including phenoxy) is 2. The monoisotopic (exact) mass is 412 g/mol. The van der Waals surface area contributed by atoms with Crippen LogP contribution in [-0.4, -0.2) is 47.8 Å². The molecule has 0 spiro atoms. The molecule has 3 amide bonds. The number of rotatable bonds is 7. The van der Waals surface area contributed by atoms with Crippen LogP contribution < -0.4 is 10.1 Å². The van der Waals surface area contributed by atoms with Gasteiger partial charge in [0.2, 0.25) is 11.8 Å². The van der Waals surface area contributed by atoms with Crippen molar-refractivity contribution < 1.29 is 28.7 Å². The van der Waals surface area contributed by atoms with Crippen LogP contribution in [0.1, 0.15) is 20.3 Å². The lowest BCUT2D eigenvalue weighted by Crippen LogP contribution is -2.45. The molecule has 30 heavy (non-hydrogen) atoms. The number of imide groups is 1. The summed E-state index contributed by atoms with van der Waals surface area (Å²) in [6, 6.07) is 5.85. The van der Waals surface area contributed by atoms with E-state index < -0.39 is 24.5 Å². The molecule has 1 aromatic rings. The van der Waals surface area contributed by atoms with Gasteiger partial charge >= 0.3 is 5.97 Å². The molecule has 1 saturated carbocycles. The number of benzene rings is 1. The minimum absolute atomic E-state index is 0.0702.